The van der Waals surface area contributed by atoms with Crippen molar-refractivity contribution in [1.29, 1.82) is 0 Å². The van der Waals surface area contributed by atoms with Crippen molar-refractivity contribution >= 4 is 5.78 Å². The smallest absolute Gasteiger partial charge is 0.420 e. The lowest BCUT2D eigenvalue weighted by Gasteiger charge is -2.14. The molecule has 0 amide bonds. The van der Waals surface area contributed by atoms with Crippen LogP contribution in [0.25, 0.3) is 0 Å². The van der Waals surface area contributed by atoms with E-state index in [9.17, 15) is 31.1 Å². The number of carbonyl (C=O) groups excluding carboxylic acids is 1. The highest BCUT2D eigenvalue weighted by atomic mass is 19.4. The van der Waals surface area contributed by atoms with Crippen LogP contribution < -0.4 is 4.74 Å². The summed E-state index contributed by atoms with van der Waals surface area (Å²) in [4.78, 5) is 10.9. The second-order valence-electron chi connectivity index (χ2n) is 3.23. The Bertz CT molecular complexity index is 466. The molecule has 0 aliphatic rings. The Labute approximate surface area is 97.2 Å². The van der Waals surface area contributed by atoms with Gasteiger partial charge < -0.3 is 4.74 Å². The first-order chi connectivity index (χ1) is 8.14. The van der Waals surface area contributed by atoms with Crippen molar-refractivity contribution in [1.82, 2.24) is 0 Å². The number of hydrogen-bond donors (Lipinski definition) is 0. The van der Waals surface area contributed by atoms with Crippen molar-refractivity contribution in [2.24, 2.45) is 0 Å². The van der Waals surface area contributed by atoms with E-state index in [-0.39, 0.29) is 0 Å². The van der Waals surface area contributed by atoms with E-state index in [4.69, 9.17) is 0 Å². The lowest BCUT2D eigenvalue weighted by atomic mass is 10.0. The standard InChI is InChI=1S/C10H6F6O2/c1-4(17)5-2-3-6(18-9(12)13)8(11)7(5)10(14,15)16/h2-3,9H,1H3. The average Bonchev–Trinajstić information content (AvgIpc) is 2.17. The number of halogens is 6. The Morgan fingerprint density at radius 1 is 1.28 bits per heavy atom. The molecule has 0 aliphatic heterocycles. The Morgan fingerprint density at radius 2 is 1.83 bits per heavy atom. The zero-order valence-corrected chi connectivity index (χ0v) is 8.82. The van der Waals surface area contributed by atoms with Gasteiger partial charge in [0.1, 0.15) is 5.56 Å². The number of Topliss-reactive ketones (excluding diaryl/α,β-unsaturated/α-hetero) is 1. The molecule has 0 saturated carbocycles. The summed E-state index contributed by atoms with van der Waals surface area (Å²) in [6.07, 6.45) is -5.19. The molecule has 18 heavy (non-hydrogen) atoms. The number of benzene rings is 1. The third-order valence-corrected chi connectivity index (χ3v) is 1.99. The first kappa shape index (κ1) is 14.3. The molecular weight excluding hydrogens is 266 g/mol. The van der Waals surface area contributed by atoms with E-state index in [0.29, 0.717) is 12.1 Å². The summed E-state index contributed by atoms with van der Waals surface area (Å²) >= 11 is 0. The first-order valence-corrected chi connectivity index (χ1v) is 4.50. The quantitative estimate of drug-likeness (QED) is 0.620. The third-order valence-electron chi connectivity index (χ3n) is 1.99. The molecule has 2 nitrogen and oxygen atoms in total. The number of hydrogen-bond acceptors (Lipinski definition) is 2. The van der Waals surface area contributed by atoms with Crippen molar-refractivity contribution < 1.29 is 35.9 Å². The molecule has 0 radical (unpaired) electrons. The Morgan fingerprint density at radius 3 is 2.22 bits per heavy atom. The summed E-state index contributed by atoms with van der Waals surface area (Å²) in [6.45, 7) is -2.67. The SMILES string of the molecule is CC(=O)c1ccc(OC(F)F)c(F)c1C(F)(F)F. The summed E-state index contributed by atoms with van der Waals surface area (Å²) in [7, 11) is 0. The first-order valence-electron chi connectivity index (χ1n) is 4.50. The number of rotatable bonds is 3. The van der Waals surface area contributed by atoms with Crippen LogP contribution in [0.5, 0.6) is 5.75 Å². The van der Waals surface area contributed by atoms with Crippen LogP contribution in [0.1, 0.15) is 22.8 Å². The lowest BCUT2D eigenvalue weighted by Crippen LogP contribution is -2.16. The van der Waals surface area contributed by atoms with Crippen LogP contribution in [-0.4, -0.2) is 12.4 Å². The van der Waals surface area contributed by atoms with E-state index in [1.54, 1.807) is 0 Å². The minimum atomic E-state index is -5.19. The van der Waals surface area contributed by atoms with Crippen molar-refractivity contribution in [3.63, 3.8) is 0 Å². The van der Waals surface area contributed by atoms with Gasteiger partial charge in [-0.1, -0.05) is 0 Å². The zero-order chi connectivity index (χ0) is 14.1. The third kappa shape index (κ3) is 2.93. The Kier molecular flexibility index (Phi) is 3.88. The van der Waals surface area contributed by atoms with E-state index in [1.807, 2.05) is 0 Å². The van der Waals surface area contributed by atoms with Gasteiger partial charge in [-0.15, -0.1) is 0 Å². The highest BCUT2D eigenvalue weighted by Crippen LogP contribution is 2.38. The minimum absolute atomic E-state index is 0.549. The van der Waals surface area contributed by atoms with Gasteiger partial charge in [-0.05, 0) is 19.1 Å². The van der Waals surface area contributed by atoms with Gasteiger partial charge >= 0.3 is 12.8 Å². The van der Waals surface area contributed by atoms with Crippen LogP contribution in [0, 0.1) is 5.82 Å². The Balaban J connectivity index is 3.45. The van der Waals surface area contributed by atoms with Crippen molar-refractivity contribution in [3.8, 4) is 5.75 Å². The fourth-order valence-corrected chi connectivity index (χ4v) is 1.31. The molecule has 1 aromatic rings. The van der Waals surface area contributed by atoms with E-state index in [1.165, 1.54) is 0 Å². The van der Waals surface area contributed by atoms with E-state index in [2.05, 4.69) is 4.74 Å². The summed E-state index contributed by atoms with van der Waals surface area (Å²) in [5.74, 6) is -4.33. The van der Waals surface area contributed by atoms with Gasteiger partial charge in [-0.25, -0.2) is 4.39 Å². The molecule has 1 aromatic carbocycles. The molecule has 0 N–H and O–H groups in total. The molecule has 0 saturated heterocycles. The van der Waals surface area contributed by atoms with Gasteiger partial charge in [0.05, 0.1) is 0 Å². The fraction of sp³-hybridized carbons (Fsp3) is 0.300. The van der Waals surface area contributed by atoms with Crippen LogP contribution in [0.15, 0.2) is 12.1 Å². The van der Waals surface area contributed by atoms with E-state index < -0.39 is 41.3 Å². The molecule has 0 aromatic heterocycles. The van der Waals surface area contributed by atoms with Gasteiger partial charge in [-0.2, -0.15) is 22.0 Å². The topological polar surface area (TPSA) is 26.3 Å². The fourth-order valence-electron chi connectivity index (χ4n) is 1.31. The number of carbonyl (C=O) groups is 1. The molecule has 1 rings (SSSR count). The van der Waals surface area contributed by atoms with E-state index >= 15 is 0 Å². The van der Waals surface area contributed by atoms with Gasteiger partial charge in [0.2, 0.25) is 0 Å². The van der Waals surface area contributed by atoms with Crippen LogP contribution in [0.3, 0.4) is 0 Å². The van der Waals surface area contributed by atoms with Crippen LogP contribution in [-0.2, 0) is 6.18 Å². The second-order valence-corrected chi connectivity index (χ2v) is 3.23. The summed E-state index contributed by atoms with van der Waals surface area (Å²) in [5.41, 5.74) is -2.85. The highest BCUT2D eigenvalue weighted by Gasteiger charge is 2.39. The van der Waals surface area contributed by atoms with Gasteiger partial charge in [0.15, 0.2) is 17.3 Å². The van der Waals surface area contributed by atoms with E-state index in [0.717, 1.165) is 6.92 Å². The van der Waals surface area contributed by atoms with Crippen molar-refractivity contribution in [2.75, 3.05) is 0 Å². The molecule has 0 heterocycles. The predicted octanol–water partition coefficient (Wildman–Crippen LogP) is 3.65. The summed E-state index contributed by atoms with van der Waals surface area (Å²) in [6, 6.07) is 1.14. The molecule has 0 spiro atoms. The maximum absolute atomic E-state index is 13.4. The lowest BCUT2D eigenvalue weighted by molar-refractivity contribution is -0.141. The summed E-state index contributed by atoms with van der Waals surface area (Å²) in [5, 5.41) is 0. The molecule has 0 unspecified atom stereocenters. The molecule has 0 aliphatic carbocycles. The Hall–Kier alpha value is -1.73. The molecule has 0 fully saturated rings. The maximum Gasteiger partial charge on any atom is 0.420 e. The van der Waals surface area contributed by atoms with Crippen molar-refractivity contribution in [2.45, 2.75) is 19.7 Å². The molecule has 0 bridgehead atoms. The highest BCUT2D eigenvalue weighted by molar-refractivity contribution is 5.96. The summed E-state index contributed by atoms with van der Waals surface area (Å²) < 4.78 is 78.4. The minimum Gasteiger partial charge on any atom is -0.432 e. The van der Waals surface area contributed by atoms with Crippen LogP contribution in [0.4, 0.5) is 26.3 Å². The van der Waals surface area contributed by atoms with Crippen LogP contribution >= 0.6 is 0 Å². The number of ketones is 1. The maximum atomic E-state index is 13.4. The largest absolute Gasteiger partial charge is 0.432 e. The van der Waals surface area contributed by atoms with Crippen molar-refractivity contribution in [3.05, 3.63) is 29.1 Å². The normalized spacial score (nSPS) is 11.8. The monoisotopic (exact) mass is 272 g/mol. The zero-order valence-electron chi connectivity index (χ0n) is 8.82. The number of alkyl halides is 5. The predicted molar refractivity (Wildman–Crippen MR) is 48.0 cm³/mol. The molecular formula is C10H6F6O2. The average molecular weight is 272 g/mol. The van der Waals surface area contributed by atoms with Crippen LogP contribution in [0.2, 0.25) is 0 Å². The molecule has 0 atom stereocenters. The molecule has 100 valence electrons. The van der Waals surface area contributed by atoms with Gasteiger partial charge in [-0.3, -0.25) is 4.79 Å². The molecule has 8 heteroatoms. The van der Waals surface area contributed by atoms with Gasteiger partial charge in [0, 0.05) is 5.56 Å². The van der Waals surface area contributed by atoms with Gasteiger partial charge in [0.25, 0.3) is 0 Å². The number of ether oxygens (including phenoxy) is 1. The second kappa shape index (κ2) is 4.87.